The molecule has 0 radical (unpaired) electrons. The maximum Gasteiger partial charge on any atom is 0.224 e. The van der Waals surface area contributed by atoms with E-state index in [-0.39, 0.29) is 5.91 Å². The largest absolute Gasteiger partial charge is 0.326 e. The molecule has 1 fully saturated rings. The summed E-state index contributed by atoms with van der Waals surface area (Å²) in [6.45, 7) is 6.51. The van der Waals surface area contributed by atoms with Crippen LogP contribution in [0, 0.1) is 5.92 Å². The maximum atomic E-state index is 12.0. The number of amides is 1. The van der Waals surface area contributed by atoms with Gasteiger partial charge in [0.2, 0.25) is 5.91 Å². The average molecular weight is 274 g/mol. The quantitative estimate of drug-likeness (QED) is 0.862. The molecule has 0 aliphatic carbocycles. The number of carbonyl (C=O) groups excluding carboxylic acids is 1. The van der Waals surface area contributed by atoms with E-state index in [4.69, 9.17) is 0 Å². The van der Waals surface area contributed by atoms with Crippen molar-refractivity contribution < 1.29 is 4.79 Å². The Kier molecular flexibility index (Phi) is 5.60. The van der Waals surface area contributed by atoms with Gasteiger partial charge in [-0.15, -0.1) is 0 Å². The van der Waals surface area contributed by atoms with Crippen molar-refractivity contribution in [3.63, 3.8) is 0 Å². The van der Waals surface area contributed by atoms with Crippen LogP contribution in [0.15, 0.2) is 24.3 Å². The Hall–Kier alpha value is -1.35. The van der Waals surface area contributed by atoms with Crippen LogP contribution in [-0.2, 0) is 4.79 Å². The molecule has 1 heterocycles. The van der Waals surface area contributed by atoms with Crippen molar-refractivity contribution in [3.05, 3.63) is 29.8 Å². The van der Waals surface area contributed by atoms with Gasteiger partial charge in [-0.3, -0.25) is 4.79 Å². The fourth-order valence-corrected chi connectivity index (χ4v) is 2.69. The first-order valence-electron chi connectivity index (χ1n) is 7.79. The van der Waals surface area contributed by atoms with E-state index in [0.717, 1.165) is 38.0 Å². The lowest BCUT2D eigenvalue weighted by molar-refractivity contribution is -0.117. The number of hydrogen-bond donors (Lipinski definition) is 2. The predicted molar refractivity (Wildman–Crippen MR) is 84.0 cm³/mol. The van der Waals surface area contributed by atoms with Gasteiger partial charge in [-0.1, -0.05) is 26.0 Å². The maximum absolute atomic E-state index is 12.0. The van der Waals surface area contributed by atoms with E-state index in [2.05, 4.69) is 36.6 Å². The molecule has 0 bridgehead atoms. The number of hydrogen-bond acceptors (Lipinski definition) is 2. The third-order valence-electron chi connectivity index (χ3n) is 4.31. The van der Waals surface area contributed by atoms with E-state index >= 15 is 0 Å². The SMILES string of the molecule is CCC(C)c1ccc(NC(=O)CC2CCNCC2)cc1. The lowest BCUT2D eigenvalue weighted by Crippen LogP contribution is -2.30. The minimum absolute atomic E-state index is 0.146. The third-order valence-corrected chi connectivity index (χ3v) is 4.31. The molecule has 3 nitrogen and oxygen atoms in total. The van der Waals surface area contributed by atoms with Gasteiger partial charge in [0.1, 0.15) is 0 Å². The van der Waals surface area contributed by atoms with Crippen LogP contribution >= 0.6 is 0 Å². The van der Waals surface area contributed by atoms with E-state index in [1.807, 2.05) is 12.1 Å². The van der Waals surface area contributed by atoms with E-state index < -0.39 is 0 Å². The minimum Gasteiger partial charge on any atom is -0.326 e. The molecule has 3 heteroatoms. The zero-order valence-electron chi connectivity index (χ0n) is 12.6. The molecule has 2 rings (SSSR count). The van der Waals surface area contributed by atoms with Gasteiger partial charge in [0.15, 0.2) is 0 Å². The standard InChI is InChI=1S/C17H26N2O/c1-3-13(2)15-4-6-16(7-5-15)19-17(20)12-14-8-10-18-11-9-14/h4-7,13-14,18H,3,8-12H2,1-2H3,(H,19,20). The highest BCUT2D eigenvalue weighted by atomic mass is 16.1. The summed E-state index contributed by atoms with van der Waals surface area (Å²) in [5.74, 6) is 1.26. The van der Waals surface area contributed by atoms with E-state index in [1.54, 1.807) is 0 Å². The van der Waals surface area contributed by atoms with Crippen LogP contribution in [0.4, 0.5) is 5.69 Å². The molecule has 0 aromatic heterocycles. The van der Waals surface area contributed by atoms with Gasteiger partial charge in [-0.2, -0.15) is 0 Å². The Morgan fingerprint density at radius 2 is 1.95 bits per heavy atom. The van der Waals surface area contributed by atoms with Crippen LogP contribution in [0.25, 0.3) is 0 Å². The number of nitrogens with one attached hydrogen (secondary N) is 2. The molecular weight excluding hydrogens is 248 g/mol. The summed E-state index contributed by atoms with van der Waals surface area (Å²) in [4.78, 5) is 12.0. The summed E-state index contributed by atoms with van der Waals surface area (Å²) >= 11 is 0. The first kappa shape index (κ1) is 15.0. The normalized spacial score (nSPS) is 17.7. The molecule has 2 N–H and O–H groups in total. The van der Waals surface area contributed by atoms with Crippen LogP contribution in [0.1, 0.15) is 51.0 Å². The van der Waals surface area contributed by atoms with Crippen LogP contribution in [-0.4, -0.2) is 19.0 Å². The number of benzene rings is 1. The monoisotopic (exact) mass is 274 g/mol. The summed E-state index contributed by atoms with van der Waals surface area (Å²) < 4.78 is 0. The minimum atomic E-state index is 0.146. The number of piperidine rings is 1. The van der Waals surface area contributed by atoms with Crippen LogP contribution in [0.2, 0.25) is 0 Å². The molecule has 1 amide bonds. The van der Waals surface area contributed by atoms with Gasteiger partial charge in [0, 0.05) is 12.1 Å². The summed E-state index contributed by atoms with van der Waals surface area (Å²) in [5.41, 5.74) is 2.25. The Morgan fingerprint density at radius 3 is 2.55 bits per heavy atom. The lowest BCUT2D eigenvalue weighted by atomic mass is 9.94. The number of anilines is 1. The molecule has 1 aliphatic heterocycles. The zero-order valence-corrected chi connectivity index (χ0v) is 12.6. The Labute approximate surface area is 122 Å². The fraction of sp³-hybridized carbons (Fsp3) is 0.588. The molecule has 1 aromatic rings. The number of rotatable bonds is 5. The molecule has 1 atom stereocenters. The molecule has 1 unspecified atom stereocenters. The molecule has 0 spiro atoms. The molecule has 20 heavy (non-hydrogen) atoms. The highest BCUT2D eigenvalue weighted by Crippen LogP contribution is 2.21. The van der Waals surface area contributed by atoms with Gasteiger partial charge < -0.3 is 10.6 Å². The molecular formula is C17H26N2O. The van der Waals surface area contributed by atoms with Gasteiger partial charge in [-0.05, 0) is 61.9 Å². The Morgan fingerprint density at radius 1 is 1.30 bits per heavy atom. The van der Waals surface area contributed by atoms with Crippen molar-refractivity contribution in [2.45, 2.75) is 45.4 Å². The zero-order chi connectivity index (χ0) is 14.4. The summed E-state index contributed by atoms with van der Waals surface area (Å²) in [6.07, 6.45) is 4.01. The smallest absolute Gasteiger partial charge is 0.224 e. The van der Waals surface area contributed by atoms with Crippen molar-refractivity contribution in [1.82, 2.24) is 5.32 Å². The van der Waals surface area contributed by atoms with Crippen molar-refractivity contribution in [3.8, 4) is 0 Å². The van der Waals surface area contributed by atoms with Gasteiger partial charge in [0.25, 0.3) is 0 Å². The lowest BCUT2D eigenvalue weighted by Gasteiger charge is -2.22. The second-order valence-electron chi connectivity index (χ2n) is 5.88. The molecule has 1 aromatic carbocycles. The molecule has 1 aliphatic rings. The van der Waals surface area contributed by atoms with Crippen molar-refractivity contribution in [2.24, 2.45) is 5.92 Å². The molecule has 0 saturated carbocycles. The highest BCUT2D eigenvalue weighted by Gasteiger charge is 2.16. The second kappa shape index (κ2) is 7.44. The van der Waals surface area contributed by atoms with Crippen LogP contribution < -0.4 is 10.6 Å². The molecule has 1 saturated heterocycles. The highest BCUT2D eigenvalue weighted by molar-refractivity contribution is 5.90. The summed E-state index contributed by atoms with van der Waals surface area (Å²) in [6, 6.07) is 8.27. The third kappa shape index (κ3) is 4.34. The topological polar surface area (TPSA) is 41.1 Å². The Balaban J connectivity index is 1.84. The van der Waals surface area contributed by atoms with E-state index in [1.165, 1.54) is 5.56 Å². The number of carbonyl (C=O) groups is 1. The van der Waals surface area contributed by atoms with Crippen molar-refractivity contribution in [1.29, 1.82) is 0 Å². The van der Waals surface area contributed by atoms with Crippen molar-refractivity contribution in [2.75, 3.05) is 18.4 Å². The van der Waals surface area contributed by atoms with E-state index in [0.29, 0.717) is 18.3 Å². The fourth-order valence-electron chi connectivity index (χ4n) is 2.69. The first-order chi connectivity index (χ1) is 9.69. The van der Waals surface area contributed by atoms with Gasteiger partial charge in [0.05, 0.1) is 0 Å². The predicted octanol–water partition coefficient (Wildman–Crippen LogP) is 3.53. The summed E-state index contributed by atoms with van der Waals surface area (Å²) in [7, 11) is 0. The molecule has 110 valence electrons. The Bertz CT molecular complexity index is 421. The van der Waals surface area contributed by atoms with Gasteiger partial charge >= 0.3 is 0 Å². The van der Waals surface area contributed by atoms with E-state index in [9.17, 15) is 4.79 Å². The van der Waals surface area contributed by atoms with Crippen molar-refractivity contribution >= 4 is 11.6 Å². The average Bonchev–Trinajstić information content (AvgIpc) is 2.48. The second-order valence-corrected chi connectivity index (χ2v) is 5.88. The first-order valence-corrected chi connectivity index (χ1v) is 7.79. The van der Waals surface area contributed by atoms with Crippen LogP contribution in [0.5, 0.6) is 0 Å². The summed E-state index contributed by atoms with van der Waals surface area (Å²) in [5, 5.41) is 6.34. The van der Waals surface area contributed by atoms with Crippen LogP contribution in [0.3, 0.4) is 0 Å². The van der Waals surface area contributed by atoms with Gasteiger partial charge in [-0.25, -0.2) is 0 Å².